The summed E-state index contributed by atoms with van der Waals surface area (Å²) in [5.74, 6) is 0.258. The summed E-state index contributed by atoms with van der Waals surface area (Å²) in [7, 11) is 0. The molecule has 5 aromatic carbocycles. The van der Waals surface area contributed by atoms with Gasteiger partial charge in [0, 0.05) is 22.3 Å². The third kappa shape index (κ3) is 4.12. The van der Waals surface area contributed by atoms with Crippen molar-refractivity contribution in [3.8, 4) is 16.9 Å². The molecule has 0 saturated heterocycles. The molecule has 0 spiro atoms. The number of hydrogen-bond donors (Lipinski definition) is 2. The molecule has 1 aliphatic heterocycles. The Balaban J connectivity index is 1.50. The molecule has 2 heterocycles. The lowest BCUT2D eigenvalue weighted by Crippen LogP contribution is -2.22. The van der Waals surface area contributed by atoms with Gasteiger partial charge in [-0.1, -0.05) is 84.9 Å². The zero-order valence-corrected chi connectivity index (χ0v) is 21.8. The monoisotopic (exact) mass is 519 g/mol. The molecule has 40 heavy (non-hydrogen) atoms. The number of benzene rings is 5. The summed E-state index contributed by atoms with van der Waals surface area (Å²) < 4.78 is 1.85. The Hall–Kier alpha value is -5.49. The number of aliphatic imine (C=N–C) groups is 1. The number of aryl methyl sites for hydroxylation is 1. The van der Waals surface area contributed by atoms with E-state index in [1.54, 1.807) is 0 Å². The second-order valence-electron chi connectivity index (χ2n) is 9.78. The number of nitrogens with one attached hydrogen (secondary N) is 2. The first kappa shape index (κ1) is 23.6. The minimum atomic E-state index is -0.314. The predicted octanol–water partition coefficient (Wildman–Crippen LogP) is 7.76. The molecule has 6 nitrogen and oxygen atoms in total. The van der Waals surface area contributed by atoms with Crippen molar-refractivity contribution in [1.82, 2.24) is 9.78 Å². The van der Waals surface area contributed by atoms with Gasteiger partial charge in [-0.2, -0.15) is 5.10 Å². The highest BCUT2D eigenvalue weighted by Gasteiger charge is 2.30. The Kier molecular flexibility index (Phi) is 5.71. The van der Waals surface area contributed by atoms with Crippen molar-refractivity contribution < 1.29 is 4.79 Å². The number of amides is 1. The van der Waals surface area contributed by atoms with Gasteiger partial charge < -0.3 is 10.6 Å². The highest BCUT2D eigenvalue weighted by atomic mass is 16.2. The maximum Gasteiger partial charge on any atom is 0.276 e. The van der Waals surface area contributed by atoms with Gasteiger partial charge in [0.15, 0.2) is 5.69 Å². The van der Waals surface area contributed by atoms with Gasteiger partial charge in [0.05, 0.1) is 22.6 Å². The fraction of sp³-hybridized carbons (Fsp3) is 0.0294. The van der Waals surface area contributed by atoms with Crippen LogP contribution in [0.5, 0.6) is 0 Å². The van der Waals surface area contributed by atoms with Gasteiger partial charge in [0.2, 0.25) is 0 Å². The number of hydrogen-bond acceptors (Lipinski definition) is 4. The maximum atomic E-state index is 13.9. The molecular weight excluding hydrogens is 494 g/mol. The summed E-state index contributed by atoms with van der Waals surface area (Å²) in [6, 6.07) is 39.8. The number of aromatic nitrogens is 2. The number of anilines is 2. The van der Waals surface area contributed by atoms with Gasteiger partial charge in [0.1, 0.15) is 5.84 Å². The molecule has 1 aliphatic rings. The summed E-state index contributed by atoms with van der Waals surface area (Å²) in [6.45, 7) is 2.05. The summed E-state index contributed by atoms with van der Waals surface area (Å²) in [4.78, 5) is 19.0. The van der Waals surface area contributed by atoms with E-state index >= 15 is 0 Å². The average Bonchev–Trinajstić information content (AvgIpc) is 3.40. The van der Waals surface area contributed by atoms with Crippen LogP contribution in [0.2, 0.25) is 0 Å². The molecule has 0 bridgehead atoms. The Morgan fingerprint density at radius 2 is 1.52 bits per heavy atom. The van der Waals surface area contributed by atoms with Crippen LogP contribution in [0.4, 0.5) is 17.1 Å². The van der Waals surface area contributed by atoms with E-state index in [2.05, 4.69) is 28.8 Å². The number of carbonyl (C=O) groups excluding carboxylic acids is 1. The highest BCUT2D eigenvalue weighted by Crippen LogP contribution is 2.39. The quantitative estimate of drug-likeness (QED) is 0.245. The summed E-state index contributed by atoms with van der Waals surface area (Å²) in [5.41, 5.74) is 7.05. The lowest BCUT2D eigenvalue weighted by molar-refractivity contribution is 0.102. The van der Waals surface area contributed by atoms with E-state index in [0.29, 0.717) is 17.1 Å². The van der Waals surface area contributed by atoms with Crippen LogP contribution in [0.3, 0.4) is 0 Å². The van der Waals surface area contributed by atoms with E-state index in [1.165, 1.54) is 0 Å². The molecule has 0 saturated carbocycles. The molecule has 6 aromatic rings. The van der Waals surface area contributed by atoms with Gasteiger partial charge >= 0.3 is 0 Å². The predicted molar refractivity (Wildman–Crippen MR) is 162 cm³/mol. The third-order valence-corrected chi connectivity index (χ3v) is 7.03. The standard InChI is InChI=1S/C34H25N5O/c1-22-11-8-18-26(21-22)39-32(24-12-4-2-5-13-24)30(31(38-39)34(40)35-25-16-6-3-7-17-25)33-36-27-19-9-14-23-15-10-20-28(37-33)29(23)27/h2-21H,1H3,(H,35,40)(H,36,37). The Labute approximate surface area is 231 Å². The van der Waals surface area contributed by atoms with Crippen LogP contribution in [0.25, 0.3) is 27.7 Å². The lowest BCUT2D eigenvalue weighted by Gasteiger charge is -2.20. The van der Waals surface area contributed by atoms with Crippen molar-refractivity contribution >= 4 is 39.6 Å². The van der Waals surface area contributed by atoms with Crippen LogP contribution in [0.15, 0.2) is 126 Å². The molecule has 1 amide bonds. The maximum absolute atomic E-state index is 13.9. The number of amidine groups is 1. The van der Waals surface area contributed by atoms with Crippen LogP contribution in [-0.2, 0) is 0 Å². The zero-order chi connectivity index (χ0) is 27.1. The van der Waals surface area contributed by atoms with Gasteiger partial charge in [-0.25, -0.2) is 9.67 Å². The molecule has 2 N–H and O–H groups in total. The summed E-state index contributed by atoms with van der Waals surface area (Å²) >= 11 is 0. The fourth-order valence-corrected chi connectivity index (χ4v) is 5.24. The number of carbonyl (C=O) groups is 1. The SMILES string of the molecule is Cc1cccc(-n2nc(C(=O)Nc3ccccc3)c(C3=Nc4cccc5cccc(c45)N3)c2-c2ccccc2)c1. The molecule has 0 fully saturated rings. The fourth-order valence-electron chi connectivity index (χ4n) is 5.24. The third-order valence-electron chi connectivity index (χ3n) is 7.03. The van der Waals surface area contributed by atoms with Crippen LogP contribution in [0, 0.1) is 6.92 Å². The number of nitrogens with zero attached hydrogens (tertiary/aromatic N) is 3. The van der Waals surface area contributed by atoms with Gasteiger partial charge in [-0.05, 0) is 54.3 Å². The van der Waals surface area contributed by atoms with Crippen molar-refractivity contribution in [1.29, 1.82) is 0 Å². The van der Waals surface area contributed by atoms with Gasteiger partial charge in [0.25, 0.3) is 5.91 Å². The average molecular weight is 520 g/mol. The largest absolute Gasteiger partial charge is 0.339 e. The molecule has 192 valence electrons. The first-order valence-electron chi connectivity index (χ1n) is 13.2. The number of para-hydroxylation sites is 1. The zero-order valence-electron chi connectivity index (χ0n) is 21.8. The lowest BCUT2D eigenvalue weighted by atomic mass is 10.0. The summed E-state index contributed by atoms with van der Waals surface area (Å²) in [5, 5.41) is 13.7. The van der Waals surface area contributed by atoms with Crippen molar-refractivity contribution in [3.63, 3.8) is 0 Å². The van der Waals surface area contributed by atoms with Crippen LogP contribution in [-0.4, -0.2) is 21.5 Å². The van der Waals surface area contributed by atoms with Gasteiger partial charge in [-0.15, -0.1) is 0 Å². The number of rotatable bonds is 5. The van der Waals surface area contributed by atoms with Crippen LogP contribution in [0.1, 0.15) is 21.6 Å². The van der Waals surface area contributed by atoms with Crippen molar-refractivity contribution in [2.24, 2.45) is 4.99 Å². The molecule has 0 radical (unpaired) electrons. The van der Waals surface area contributed by atoms with E-state index in [-0.39, 0.29) is 11.6 Å². The molecule has 0 aliphatic carbocycles. The Bertz CT molecular complexity index is 1920. The van der Waals surface area contributed by atoms with Crippen molar-refractivity contribution in [2.75, 3.05) is 10.6 Å². The van der Waals surface area contributed by atoms with Crippen molar-refractivity contribution in [2.45, 2.75) is 6.92 Å². The Morgan fingerprint density at radius 3 is 2.30 bits per heavy atom. The Morgan fingerprint density at radius 1 is 0.800 bits per heavy atom. The minimum absolute atomic E-state index is 0.280. The molecule has 1 aromatic heterocycles. The second kappa shape index (κ2) is 9.67. The normalized spacial score (nSPS) is 12.1. The highest BCUT2D eigenvalue weighted by molar-refractivity contribution is 6.24. The summed E-state index contributed by atoms with van der Waals surface area (Å²) in [6.07, 6.45) is 0. The van der Waals surface area contributed by atoms with Crippen LogP contribution >= 0.6 is 0 Å². The molecule has 6 heteroatoms. The van der Waals surface area contributed by atoms with Crippen LogP contribution < -0.4 is 10.6 Å². The topological polar surface area (TPSA) is 71.3 Å². The van der Waals surface area contributed by atoms with Crippen molar-refractivity contribution in [3.05, 3.63) is 138 Å². The van der Waals surface area contributed by atoms with E-state index in [0.717, 1.165) is 44.7 Å². The molecule has 0 unspecified atom stereocenters. The van der Waals surface area contributed by atoms with E-state index in [1.807, 2.05) is 115 Å². The van der Waals surface area contributed by atoms with E-state index in [4.69, 9.17) is 10.1 Å². The first-order valence-corrected chi connectivity index (χ1v) is 13.2. The van der Waals surface area contributed by atoms with Gasteiger partial charge in [-0.3, -0.25) is 4.79 Å². The first-order chi connectivity index (χ1) is 19.7. The molecule has 7 rings (SSSR count). The minimum Gasteiger partial charge on any atom is -0.339 e. The van der Waals surface area contributed by atoms with E-state index in [9.17, 15) is 4.79 Å². The smallest absolute Gasteiger partial charge is 0.276 e. The molecular formula is C34H25N5O. The second-order valence-corrected chi connectivity index (χ2v) is 9.78. The molecule has 0 atom stereocenters. The van der Waals surface area contributed by atoms with E-state index < -0.39 is 0 Å².